The third-order valence-corrected chi connectivity index (χ3v) is 5.62. The molecule has 1 saturated heterocycles. The zero-order valence-corrected chi connectivity index (χ0v) is 18.4. The molecule has 1 aliphatic heterocycles. The lowest BCUT2D eigenvalue weighted by Crippen LogP contribution is -2.53. The third kappa shape index (κ3) is 5.53. The second kappa shape index (κ2) is 9.50. The smallest absolute Gasteiger partial charge is 0.417 e. The molecule has 0 spiro atoms. The summed E-state index contributed by atoms with van der Waals surface area (Å²) in [6, 6.07) is 5.38. The second-order valence-electron chi connectivity index (χ2n) is 7.06. The molecule has 1 aromatic heterocycles. The predicted octanol–water partition coefficient (Wildman–Crippen LogP) is 4.57. The van der Waals surface area contributed by atoms with Gasteiger partial charge in [0.15, 0.2) is 0 Å². The maximum atomic E-state index is 12.8. The first kappa shape index (κ1) is 23.4. The minimum Gasteiger partial charge on any atom is -0.495 e. The van der Waals surface area contributed by atoms with Gasteiger partial charge in [-0.15, -0.1) is 0 Å². The van der Waals surface area contributed by atoms with Gasteiger partial charge in [0, 0.05) is 37.4 Å². The number of piperazine rings is 1. The molecule has 2 aromatic rings. The van der Waals surface area contributed by atoms with E-state index in [9.17, 15) is 18.0 Å². The Bertz CT molecular complexity index is 951. The van der Waals surface area contributed by atoms with Crippen molar-refractivity contribution >= 4 is 40.6 Å². The summed E-state index contributed by atoms with van der Waals surface area (Å²) in [6.07, 6.45) is -3.72. The molecule has 0 bridgehead atoms. The average molecular weight is 477 g/mol. The molecule has 1 unspecified atom stereocenters. The van der Waals surface area contributed by atoms with E-state index in [2.05, 4.69) is 10.3 Å². The van der Waals surface area contributed by atoms with Crippen LogP contribution in [0.4, 0.5) is 24.7 Å². The van der Waals surface area contributed by atoms with E-state index in [4.69, 9.17) is 27.9 Å². The Labute approximate surface area is 187 Å². The van der Waals surface area contributed by atoms with Crippen LogP contribution in [0.1, 0.15) is 12.5 Å². The summed E-state index contributed by atoms with van der Waals surface area (Å²) in [7, 11) is 1.50. The Morgan fingerprint density at radius 3 is 2.45 bits per heavy atom. The van der Waals surface area contributed by atoms with E-state index in [1.165, 1.54) is 7.11 Å². The lowest BCUT2D eigenvalue weighted by molar-refractivity contribution is -0.137. The number of benzene rings is 1. The summed E-state index contributed by atoms with van der Waals surface area (Å²) in [4.78, 5) is 20.4. The number of amides is 1. The molecule has 11 heteroatoms. The van der Waals surface area contributed by atoms with Gasteiger partial charge >= 0.3 is 6.18 Å². The van der Waals surface area contributed by atoms with Gasteiger partial charge in [-0.2, -0.15) is 13.2 Å². The second-order valence-corrected chi connectivity index (χ2v) is 7.90. The maximum Gasteiger partial charge on any atom is 0.417 e. The molecule has 1 aliphatic rings. The van der Waals surface area contributed by atoms with E-state index in [0.717, 1.165) is 12.3 Å². The van der Waals surface area contributed by atoms with E-state index in [1.807, 2.05) is 9.80 Å². The Balaban J connectivity index is 1.62. The molecule has 1 atom stereocenters. The molecule has 3 rings (SSSR count). The van der Waals surface area contributed by atoms with Crippen molar-refractivity contribution in [2.45, 2.75) is 19.1 Å². The van der Waals surface area contributed by atoms with E-state index in [1.54, 1.807) is 25.1 Å². The highest BCUT2D eigenvalue weighted by Gasteiger charge is 2.33. The van der Waals surface area contributed by atoms with Gasteiger partial charge in [0.2, 0.25) is 5.91 Å². The first-order valence-electron chi connectivity index (χ1n) is 9.46. The van der Waals surface area contributed by atoms with E-state index in [-0.39, 0.29) is 10.9 Å². The number of hydrogen-bond donors (Lipinski definition) is 1. The molecule has 0 saturated carbocycles. The molecule has 31 heavy (non-hydrogen) atoms. The Kier molecular flexibility index (Phi) is 7.18. The van der Waals surface area contributed by atoms with Crippen LogP contribution in [0.15, 0.2) is 30.5 Å². The fraction of sp³-hybridized carbons (Fsp3) is 0.400. The van der Waals surface area contributed by atoms with Gasteiger partial charge < -0.3 is 15.0 Å². The van der Waals surface area contributed by atoms with E-state index >= 15 is 0 Å². The Hall–Kier alpha value is -2.23. The quantitative estimate of drug-likeness (QED) is 0.684. The molecule has 1 fully saturated rings. The maximum absolute atomic E-state index is 12.8. The average Bonchev–Trinajstić information content (AvgIpc) is 2.73. The van der Waals surface area contributed by atoms with Gasteiger partial charge in [-0.3, -0.25) is 9.69 Å². The first-order valence-corrected chi connectivity index (χ1v) is 10.2. The molecular weight excluding hydrogens is 456 g/mol. The highest BCUT2D eigenvalue weighted by atomic mass is 35.5. The van der Waals surface area contributed by atoms with Crippen molar-refractivity contribution in [2.75, 3.05) is 43.5 Å². The summed E-state index contributed by atoms with van der Waals surface area (Å²) >= 11 is 12.1. The van der Waals surface area contributed by atoms with Crippen molar-refractivity contribution in [2.24, 2.45) is 0 Å². The number of hydrogen-bond acceptors (Lipinski definition) is 5. The number of halogens is 5. The molecule has 168 valence electrons. The summed E-state index contributed by atoms with van der Waals surface area (Å²) in [5, 5.41) is 3.25. The number of methoxy groups -OCH3 is 1. The summed E-state index contributed by atoms with van der Waals surface area (Å²) < 4.78 is 43.7. The van der Waals surface area contributed by atoms with E-state index in [0.29, 0.717) is 48.5 Å². The topological polar surface area (TPSA) is 57.7 Å². The van der Waals surface area contributed by atoms with Crippen LogP contribution in [0.25, 0.3) is 0 Å². The minimum atomic E-state index is -4.50. The largest absolute Gasteiger partial charge is 0.495 e. The van der Waals surface area contributed by atoms with Crippen LogP contribution in [-0.4, -0.2) is 55.1 Å². The number of nitrogens with zero attached hydrogens (tertiary/aromatic N) is 3. The number of anilines is 2. The number of nitrogens with one attached hydrogen (secondary N) is 1. The number of ether oxygens (including phenoxy) is 1. The summed E-state index contributed by atoms with van der Waals surface area (Å²) in [5.74, 6) is 0.576. The zero-order chi connectivity index (χ0) is 22.8. The third-order valence-electron chi connectivity index (χ3n) is 5.11. The van der Waals surface area contributed by atoms with Crippen LogP contribution in [-0.2, 0) is 11.0 Å². The van der Waals surface area contributed by atoms with Crippen LogP contribution in [0.2, 0.25) is 10.0 Å². The van der Waals surface area contributed by atoms with E-state index < -0.39 is 17.8 Å². The van der Waals surface area contributed by atoms with Gasteiger partial charge in [-0.25, -0.2) is 4.98 Å². The van der Waals surface area contributed by atoms with Crippen LogP contribution < -0.4 is 15.0 Å². The van der Waals surface area contributed by atoms with Gasteiger partial charge in [0.25, 0.3) is 0 Å². The van der Waals surface area contributed by atoms with Gasteiger partial charge in [0.05, 0.1) is 29.4 Å². The zero-order valence-electron chi connectivity index (χ0n) is 16.8. The van der Waals surface area contributed by atoms with Gasteiger partial charge in [0.1, 0.15) is 11.6 Å². The number of rotatable bonds is 5. The Morgan fingerprint density at radius 2 is 1.87 bits per heavy atom. The van der Waals surface area contributed by atoms with Crippen LogP contribution in [0, 0.1) is 0 Å². The summed E-state index contributed by atoms with van der Waals surface area (Å²) in [5.41, 5.74) is -0.409. The van der Waals surface area contributed by atoms with Crippen molar-refractivity contribution in [1.82, 2.24) is 9.88 Å². The van der Waals surface area contributed by atoms with Crippen molar-refractivity contribution in [3.63, 3.8) is 0 Å². The van der Waals surface area contributed by atoms with Crippen molar-refractivity contribution < 1.29 is 22.7 Å². The fourth-order valence-corrected chi connectivity index (χ4v) is 3.78. The van der Waals surface area contributed by atoms with Crippen molar-refractivity contribution in [3.05, 3.63) is 46.1 Å². The first-order chi connectivity index (χ1) is 14.6. The standard InChI is InChI=1S/C20H21Cl2F3N4O2/c1-12(19(30)27-16-10-14(21)3-4-17(16)31-2)28-5-7-29(8-6-28)18-15(22)9-13(11-26-18)20(23,24)25/h3-4,9-12H,5-8H2,1-2H3,(H,27,30). The molecule has 1 aromatic carbocycles. The molecule has 0 aliphatic carbocycles. The monoisotopic (exact) mass is 476 g/mol. The van der Waals surface area contributed by atoms with Crippen LogP contribution >= 0.6 is 23.2 Å². The SMILES string of the molecule is COc1ccc(Cl)cc1NC(=O)C(C)N1CCN(c2ncc(C(F)(F)F)cc2Cl)CC1. The normalized spacial score (nSPS) is 16.2. The molecule has 1 N–H and O–H groups in total. The number of carbonyl (C=O) groups excluding carboxylic acids is 1. The van der Waals surface area contributed by atoms with Gasteiger partial charge in [-0.1, -0.05) is 23.2 Å². The molecule has 1 amide bonds. The number of aromatic nitrogens is 1. The number of carbonyl (C=O) groups is 1. The highest BCUT2D eigenvalue weighted by Crippen LogP contribution is 2.34. The van der Waals surface area contributed by atoms with Crippen LogP contribution in [0.3, 0.4) is 0 Å². The minimum absolute atomic E-state index is 0.0536. The highest BCUT2D eigenvalue weighted by molar-refractivity contribution is 6.33. The lowest BCUT2D eigenvalue weighted by atomic mass is 10.2. The number of alkyl halides is 3. The predicted molar refractivity (Wildman–Crippen MR) is 114 cm³/mol. The van der Waals surface area contributed by atoms with Crippen LogP contribution in [0.5, 0.6) is 5.75 Å². The molecule has 0 radical (unpaired) electrons. The van der Waals surface area contributed by atoms with Gasteiger partial charge in [-0.05, 0) is 31.2 Å². The fourth-order valence-electron chi connectivity index (χ4n) is 3.32. The number of pyridine rings is 1. The summed E-state index contributed by atoms with van der Waals surface area (Å²) in [6.45, 7) is 3.75. The Morgan fingerprint density at radius 1 is 1.19 bits per heavy atom. The van der Waals surface area contributed by atoms with Crippen molar-refractivity contribution in [1.29, 1.82) is 0 Å². The lowest BCUT2D eigenvalue weighted by Gasteiger charge is -2.38. The van der Waals surface area contributed by atoms with Crippen molar-refractivity contribution in [3.8, 4) is 5.75 Å². The molecular formula is C20H21Cl2F3N4O2. The molecule has 2 heterocycles. The molecule has 6 nitrogen and oxygen atoms in total.